The summed E-state index contributed by atoms with van der Waals surface area (Å²) in [6, 6.07) is 5.57. The minimum atomic E-state index is -0.209. The van der Waals surface area contributed by atoms with Crippen LogP contribution in [0.1, 0.15) is 17.0 Å². The van der Waals surface area contributed by atoms with Gasteiger partial charge in [-0.15, -0.1) is 11.3 Å². The Morgan fingerprint density at radius 3 is 2.71 bits per heavy atom. The highest BCUT2D eigenvalue weighted by molar-refractivity contribution is 7.22. The molecular formula is C17H15N3O3S. The number of aromatic amines is 1. The molecule has 0 fully saturated rings. The van der Waals surface area contributed by atoms with Crippen molar-refractivity contribution in [3.05, 3.63) is 56.9 Å². The van der Waals surface area contributed by atoms with E-state index in [1.54, 1.807) is 21.1 Å². The molecule has 0 aliphatic carbocycles. The van der Waals surface area contributed by atoms with Crippen molar-refractivity contribution in [1.29, 1.82) is 0 Å². The van der Waals surface area contributed by atoms with Gasteiger partial charge in [0.2, 0.25) is 5.00 Å². The first-order valence-electron chi connectivity index (χ1n) is 7.18. The Morgan fingerprint density at radius 2 is 2.04 bits per heavy atom. The minimum absolute atomic E-state index is 0.209. The zero-order valence-corrected chi connectivity index (χ0v) is 14.3. The number of benzene rings is 1. The maximum absolute atomic E-state index is 12.3. The normalized spacial score (nSPS) is 10.6. The molecule has 2 heterocycles. The molecule has 0 spiro atoms. The summed E-state index contributed by atoms with van der Waals surface area (Å²) in [7, 11) is 3.16. The van der Waals surface area contributed by atoms with Crippen LogP contribution in [0.25, 0.3) is 15.1 Å². The molecule has 6 nitrogen and oxygen atoms in total. The van der Waals surface area contributed by atoms with Crippen LogP contribution >= 0.6 is 11.3 Å². The van der Waals surface area contributed by atoms with Gasteiger partial charge in [-0.2, -0.15) is 0 Å². The van der Waals surface area contributed by atoms with Gasteiger partial charge in [0.05, 0.1) is 26.2 Å². The number of H-pyrrole nitrogens is 1. The molecule has 0 radical (unpaired) electrons. The molecule has 3 aromatic rings. The zero-order valence-electron chi connectivity index (χ0n) is 13.5. The lowest BCUT2D eigenvalue weighted by molar-refractivity contribution is 0.354. The average Bonchev–Trinajstić information content (AvgIpc) is 2.91. The second-order valence-corrected chi connectivity index (χ2v) is 6.18. The third-order valence-corrected chi connectivity index (χ3v) is 4.83. The predicted molar refractivity (Wildman–Crippen MR) is 93.6 cm³/mol. The van der Waals surface area contributed by atoms with Gasteiger partial charge in [0, 0.05) is 6.42 Å². The van der Waals surface area contributed by atoms with Crippen LogP contribution in [0, 0.1) is 13.5 Å². The lowest BCUT2D eigenvalue weighted by Gasteiger charge is -2.09. The number of aryl methyl sites for hydroxylation is 1. The fourth-order valence-corrected chi connectivity index (χ4v) is 3.54. The molecule has 0 unspecified atom stereocenters. The van der Waals surface area contributed by atoms with E-state index in [9.17, 15) is 4.79 Å². The van der Waals surface area contributed by atoms with E-state index in [0.29, 0.717) is 44.5 Å². The molecule has 0 saturated heterocycles. The molecular weight excluding hydrogens is 326 g/mol. The number of ether oxygens (including phenoxy) is 2. The van der Waals surface area contributed by atoms with Gasteiger partial charge < -0.3 is 14.5 Å². The first-order chi connectivity index (χ1) is 11.6. The number of hydrogen-bond donors (Lipinski definition) is 1. The van der Waals surface area contributed by atoms with E-state index in [0.717, 1.165) is 5.56 Å². The van der Waals surface area contributed by atoms with Crippen LogP contribution in [0.5, 0.6) is 11.5 Å². The second kappa shape index (κ2) is 6.34. The number of thiophene rings is 1. The quantitative estimate of drug-likeness (QED) is 0.738. The summed E-state index contributed by atoms with van der Waals surface area (Å²) in [6.07, 6.45) is 0.454. The molecule has 0 bridgehead atoms. The van der Waals surface area contributed by atoms with Gasteiger partial charge in [-0.25, -0.2) is 9.83 Å². The molecule has 3 rings (SSSR count). The van der Waals surface area contributed by atoms with Crippen molar-refractivity contribution in [3.8, 4) is 11.5 Å². The molecule has 2 aromatic heterocycles. The number of rotatable bonds is 4. The number of hydrogen-bond acceptors (Lipinski definition) is 5. The van der Waals surface area contributed by atoms with Gasteiger partial charge in [-0.05, 0) is 30.2 Å². The standard InChI is InChI=1S/C17H15N3O3S/c1-9-14-15(21)19-13(20-17(14)24-16(9)18-2)8-10-5-6-11(22-3)12(7-10)23-4/h5-7H,8H2,1,3-4H3,(H,19,20,21). The molecule has 0 aliphatic heterocycles. The highest BCUT2D eigenvalue weighted by Crippen LogP contribution is 2.34. The van der Waals surface area contributed by atoms with Gasteiger partial charge >= 0.3 is 0 Å². The van der Waals surface area contributed by atoms with Crippen LogP contribution < -0.4 is 15.0 Å². The molecule has 1 N–H and O–H groups in total. The number of nitrogens with zero attached hydrogens (tertiary/aromatic N) is 2. The van der Waals surface area contributed by atoms with Crippen molar-refractivity contribution < 1.29 is 9.47 Å². The SMILES string of the molecule is [C-]#[N+]c1sc2nc(Cc3ccc(OC)c(OC)c3)[nH]c(=O)c2c1C. The third-order valence-electron chi connectivity index (χ3n) is 3.75. The highest BCUT2D eigenvalue weighted by atomic mass is 32.1. The molecule has 1 aromatic carbocycles. The van der Waals surface area contributed by atoms with E-state index < -0.39 is 0 Å². The molecule has 7 heteroatoms. The summed E-state index contributed by atoms with van der Waals surface area (Å²) in [5.41, 5.74) is 1.42. The first-order valence-corrected chi connectivity index (χ1v) is 7.99. The summed E-state index contributed by atoms with van der Waals surface area (Å²) >= 11 is 1.25. The van der Waals surface area contributed by atoms with Gasteiger partial charge in [0.25, 0.3) is 5.56 Å². The van der Waals surface area contributed by atoms with Crippen LogP contribution in [0.2, 0.25) is 0 Å². The Kier molecular flexibility index (Phi) is 4.23. The maximum atomic E-state index is 12.3. The molecule has 122 valence electrons. The number of methoxy groups -OCH3 is 2. The number of fused-ring (bicyclic) bond motifs is 1. The summed E-state index contributed by atoms with van der Waals surface area (Å²) in [4.78, 5) is 23.7. The molecule has 24 heavy (non-hydrogen) atoms. The summed E-state index contributed by atoms with van der Waals surface area (Å²) in [6.45, 7) is 8.95. The minimum Gasteiger partial charge on any atom is -0.493 e. The lowest BCUT2D eigenvalue weighted by atomic mass is 10.1. The third kappa shape index (κ3) is 2.72. The first kappa shape index (κ1) is 16.0. The second-order valence-electron chi connectivity index (χ2n) is 5.20. The fourth-order valence-electron chi connectivity index (χ4n) is 2.55. The van der Waals surface area contributed by atoms with E-state index in [-0.39, 0.29) is 5.56 Å². The van der Waals surface area contributed by atoms with Crippen molar-refractivity contribution in [2.75, 3.05) is 14.2 Å². The van der Waals surface area contributed by atoms with E-state index in [1.165, 1.54) is 11.3 Å². The average molecular weight is 341 g/mol. The summed E-state index contributed by atoms with van der Waals surface area (Å²) < 4.78 is 10.5. The zero-order chi connectivity index (χ0) is 17.3. The Labute approximate surface area is 142 Å². The monoisotopic (exact) mass is 341 g/mol. The van der Waals surface area contributed by atoms with Gasteiger partial charge in [0.1, 0.15) is 10.7 Å². The molecule has 0 saturated carbocycles. The van der Waals surface area contributed by atoms with Crippen molar-refractivity contribution in [1.82, 2.24) is 9.97 Å². The largest absolute Gasteiger partial charge is 0.493 e. The topological polar surface area (TPSA) is 68.6 Å². The van der Waals surface area contributed by atoms with E-state index in [4.69, 9.17) is 16.0 Å². The van der Waals surface area contributed by atoms with E-state index in [1.807, 2.05) is 18.2 Å². The molecule has 0 atom stereocenters. The Bertz CT molecular complexity index is 1010. The maximum Gasteiger partial charge on any atom is 0.258 e. The number of aromatic nitrogens is 2. The smallest absolute Gasteiger partial charge is 0.258 e. The number of nitrogens with one attached hydrogen (secondary N) is 1. The fraction of sp³-hybridized carbons (Fsp3) is 0.235. The van der Waals surface area contributed by atoms with Crippen LogP contribution in [-0.2, 0) is 6.42 Å². The summed E-state index contributed by atoms with van der Waals surface area (Å²) in [5, 5.41) is 1.01. The lowest BCUT2D eigenvalue weighted by Crippen LogP contribution is -2.11. The van der Waals surface area contributed by atoms with Gasteiger partial charge in [-0.1, -0.05) is 6.07 Å². The molecule has 0 aliphatic rings. The van der Waals surface area contributed by atoms with E-state index in [2.05, 4.69) is 14.8 Å². The van der Waals surface area contributed by atoms with Crippen molar-refractivity contribution >= 4 is 26.6 Å². The Hall–Kier alpha value is -2.85. The van der Waals surface area contributed by atoms with Crippen LogP contribution in [0.4, 0.5) is 5.00 Å². The molecule has 0 amide bonds. The van der Waals surface area contributed by atoms with E-state index >= 15 is 0 Å². The van der Waals surface area contributed by atoms with Crippen molar-refractivity contribution in [3.63, 3.8) is 0 Å². The van der Waals surface area contributed by atoms with Crippen LogP contribution in [0.15, 0.2) is 23.0 Å². The van der Waals surface area contributed by atoms with Gasteiger partial charge in [-0.3, -0.25) is 4.79 Å². The highest BCUT2D eigenvalue weighted by Gasteiger charge is 2.14. The Morgan fingerprint density at radius 1 is 1.29 bits per heavy atom. The van der Waals surface area contributed by atoms with Crippen LogP contribution in [0.3, 0.4) is 0 Å². The van der Waals surface area contributed by atoms with Crippen molar-refractivity contribution in [2.45, 2.75) is 13.3 Å². The van der Waals surface area contributed by atoms with Gasteiger partial charge in [0.15, 0.2) is 11.5 Å². The van der Waals surface area contributed by atoms with Crippen molar-refractivity contribution in [2.24, 2.45) is 0 Å². The Balaban J connectivity index is 2.02. The summed E-state index contributed by atoms with van der Waals surface area (Å²) in [5.74, 6) is 1.83. The predicted octanol–water partition coefficient (Wildman–Crippen LogP) is 3.45. The van der Waals surface area contributed by atoms with Crippen LogP contribution in [-0.4, -0.2) is 24.2 Å².